The number of hydrogen-bond acceptors (Lipinski definition) is 5. The van der Waals surface area contributed by atoms with Gasteiger partial charge >= 0.3 is 0 Å². The number of H-pyrrole nitrogens is 1. The number of aromatic hydroxyl groups is 3. The van der Waals surface area contributed by atoms with E-state index in [0.717, 1.165) is 28.5 Å². The highest BCUT2D eigenvalue weighted by Crippen LogP contribution is 2.25. The molecule has 3 aromatic rings. The van der Waals surface area contributed by atoms with E-state index in [-0.39, 0.29) is 11.5 Å². The molecule has 0 aliphatic heterocycles. The number of fused-ring (bicyclic) bond motifs is 1. The van der Waals surface area contributed by atoms with Gasteiger partial charge in [0, 0.05) is 17.1 Å². The predicted molar refractivity (Wildman–Crippen MR) is 95.3 cm³/mol. The van der Waals surface area contributed by atoms with Crippen LogP contribution in [0.1, 0.15) is 11.1 Å². The molecule has 0 amide bonds. The second kappa shape index (κ2) is 8.24. The minimum atomic E-state index is -0.0919. The smallest absolute Gasteiger partial charge is 0.157 e. The van der Waals surface area contributed by atoms with Crippen LogP contribution in [0.15, 0.2) is 42.6 Å². The first-order chi connectivity index (χ1) is 11.5. The van der Waals surface area contributed by atoms with Crippen LogP contribution in [0, 0.1) is 0 Å². The Morgan fingerprint density at radius 2 is 1.58 bits per heavy atom. The Morgan fingerprint density at radius 3 is 2.25 bits per heavy atom. The Morgan fingerprint density at radius 1 is 0.833 bits per heavy atom. The molecule has 24 heavy (non-hydrogen) atoms. The lowest BCUT2D eigenvalue weighted by molar-refractivity contribution is 0.403. The monoisotopic (exact) mass is 329 g/mol. The van der Waals surface area contributed by atoms with E-state index in [2.05, 4.69) is 4.98 Å². The third-order valence-electron chi connectivity index (χ3n) is 3.64. The van der Waals surface area contributed by atoms with Gasteiger partial charge < -0.3 is 31.8 Å². The van der Waals surface area contributed by atoms with E-state index in [0.29, 0.717) is 25.3 Å². The van der Waals surface area contributed by atoms with Gasteiger partial charge in [0.05, 0.1) is 0 Å². The Balaban J connectivity index is 0.000000177. The van der Waals surface area contributed by atoms with Crippen LogP contribution in [-0.4, -0.2) is 33.4 Å². The zero-order chi connectivity index (χ0) is 17.5. The highest BCUT2D eigenvalue weighted by atomic mass is 16.3. The number of nitrogens with one attached hydrogen (secondary N) is 1. The maximum atomic E-state index is 9.30. The number of aromatic amines is 1. The lowest BCUT2D eigenvalue weighted by Crippen LogP contribution is -2.02. The lowest BCUT2D eigenvalue weighted by atomic mass is 10.1. The molecule has 6 nitrogen and oxygen atoms in total. The molecule has 0 radical (unpaired) electrons. The standard InChI is InChI=1S/C10H12N2O.C8H11NO2/c11-4-3-7-6-12-10-2-1-8(13)5-9(7)10;9-4-3-6-1-2-7(10)8(11)5-6/h1-2,5-6,12-13H,3-4,11H2;1-2,5,10-11H,3-4,9H2. The molecule has 2 aromatic carbocycles. The van der Waals surface area contributed by atoms with E-state index in [1.54, 1.807) is 18.2 Å². The molecule has 0 spiro atoms. The van der Waals surface area contributed by atoms with Gasteiger partial charge in [-0.05, 0) is 67.4 Å². The molecule has 0 aliphatic rings. The van der Waals surface area contributed by atoms with Crippen molar-refractivity contribution in [1.82, 2.24) is 4.98 Å². The fourth-order valence-corrected chi connectivity index (χ4v) is 2.42. The van der Waals surface area contributed by atoms with Gasteiger partial charge in [0.15, 0.2) is 11.5 Å². The van der Waals surface area contributed by atoms with Crippen LogP contribution < -0.4 is 11.5 Å². The zero-order valence-corrected chi connectivity index (χ0v) is 13.4. The average Bonchev–Trinajstić information content (AvgIpc) is 2.95. The minimum Gasteiger partial charge on any atom is -0.508 e. The third-order valence-corrected chi connectivity index (χ3v) is 3.64. The highest BCUT2D eigenvalue weighted by Gasteiger charge is 2.02. The molecule has 0 saturated heterocycles. The van der Waals surface area contributed by atoms with Gasteiger partial charge in [0.1, 0.15) is 5.75 Å². The molecule has 6 heteroatoms. The second-order valence-corrected chi connectivity index (χ2v) is 5.44. The highest BCUT2D eigenvalue weighted by molar-refractivity contribution is 5.84. The summed E-state index contributed by atoms with van der Waals surface area (Å²) < 4.78 is 0. The van der Waals surface area contributed by atoms with Gasteiger partial charge in [0.2, 0.25) is 0 Å². The Kier molecular flexibility index (Phi) is 6.06. The Labute approximate surface area is 140 Å². The number of benzene rings is 2. The molecule has 0 bridgehead atoms. The average molecular weight is 329 g/mol. The fourth-order valence-electron chi connectivity index (χ4n) is 2.42. The van der Waals surface area contributed by atoms with Crippen molar-refractivity contribution in [3.63, 3.8) is 0 Å². The van der Waals surface area contributed by atoms with Gasteiger partial charge in [-0.15, -0.1) is 0 Å². The summed E-state index contributed by atoms with van der Waals surface area (Å²) in [5, 5.41) is 28.3. The molecule has 3 rings (SSSR count). The third kappa shape index (κ3) is 4.41. The summed E-state index contributed by atoms with van der Waals surface area (Å²) in [6.07, 6.45) is 3.49. The van der Waals surface area contributed by atoms with Crippen LogP contribution in [0.2, 0.25) is 0 Å². The number of rotatable bonds is 4. The van der Waals surface area contributed by atoms with Crippen molar-refractivity contribution < 1.29 is 15.3 Å². The largest absolute Gasteiger partial charge is 0.508 e. The van der Waals surface area contributed by atoms with E-state index in [1.165, 1.54) is 12.1 Å². The SMILES string of the molecule is NCCc1c[nH]c2ccc(O)cc12.NCCc1ccc(O)c(O)c1. The zero-order valence-electron chi connectivity index (χ0n) is 13.4. The van der Waals surface area contributed by atoms with Gasteiger partial charge in [-0.3, -0.25) is 0 Å². The number of nitrogens with two attached hydrogens (primary N) is 2. The van der Waals surface area contributed by atoms with E-state index in [9.17, 15) is 5.11 Å². The van der Waals surface area contributed by atoms with Crippen molar-refractivity contribution in [3.8, 4) is 17.2 Å². The molecular formula is C18H23N3O3. The van der Waals surface area contributed by atoms with Crippen LogP contribution in [0.4, 0.5) is 0 Å². The Hall–Kier alpha value is -2.70. The summed E-state index contributed by atoms with van der Waals surface area (Å²) in [4.78, 5) is 3.13. The number of aromatic nitrogens is 1. The normalized spacial score (nSPS) is 10.4. The molecule has 0 atom stereocenters. The van der Waals surface area contributed by atoms with Crippen LogP contribution in [-0.2, 0) is 12.8 Å². The summed E-state index contributed by atoms with van der Waals surface area (Å²) in [5.74, 6) is 0.118. The summed E-state index contributed by atoms with van der Waals surface area (Å²) in [6.45, 7) is 1.17. The topological polar surface area (TPSA) is 129 Å². The van der Waals surface area contributed by atoms with Crippen molar-refractivity contribution >= 4 is 10.9 Å². The van der Waals surface area contributed by atoms with Crippen LogP contribution in [0.3, 0.4) is 0 Å². The van der Waals surface area contributed by atoms with Crippen molar-refractivity contribution in [2.45, 2.75) is 12.8 Å². The Bertz CT molecular complexity index is 799. The maximum Gasteiger partial charge on any atom is 0.157 e. The second-order valence-electron chi connectivity index (χ2n) is 5.44. The minimum absolute atomic E-state index is 0.0871. The molecular weight excluding hydrogens is 306 g/mol. The fraction of sp³-hybridized carbons (Fsp3) is 0.222. The summed E-state index contributed by atoms with van der Waals surface area (Å²) in [5.41, 5.74) is 13.9. The number of hydrogen-bond donors (Lipinski definition) is 6. The van der Waals surface area contributed by atoms with E-state index < -0.39 is 0 Å². The molecule has 0 unspecified atom stereocenters. The maximum absolute atomic E-state index is 9.30. The molecule has 0 fully saturated rings. The molecule has 0 saturated carbocycles. The summed E-state index contributed by atoms with van der Waals surface area (Å²) in [6, 6.07) is 10.0. The predicted octanol–water partition coefficient (Wildman–Crippen LogP) is 1.97. The van der Waals surface area contributed by atoms with Crippen LogP contribution in [0.25, 0.3) is 10.9 Å². The quantitative estimate of drug-likeness (QED) is 0.408. The van der Waals surface area contributed by atoms with E-state index >= 15 is 0 Å². The molecule has 128 valence electrons. The van der Waals surface area contributed by atoms with Gasteiger partial charge in [-0.2, -0.15) is 0 Å². The van der Waals surface area contributed by atoms with Crippen molar-refractivity contribution in [2.24, 2.45) is 11.5 Å². The first kappa shape index (κ1) is 17.7. The van der Waals surface area contributed by atoms with Crippen molar-refractivity contribution in [2.75, 3.05) is 13.1 Å². The summed E-state index contributed by atoms with van der Waals surface area (Å²) >= 11 is 0. The van der Waals surface area contributed by atoms with Crippen molar-refractivity contribution in [1.29, 1.82) is 0 Å². The lowest BCUT2D eigenvalue weighted by Gasteiger charge is -2.00. The van der Waals surface area contributed by atoms with Crippen LogP contribution >= 0.6 is 0 Å². The number of phenolic OH excluding ortho intramolecular Hbond substituents is 3. The van der Waals surface area contributed by atoms with E-state index in [1.807, 2.05) is 12.3 Å². The molecule has 1 aromatic heterocycles. The summed E-state index contributed by atoms with van der Waals surface area (Å²) in [7, 11) is 0. The van der Waals surface area contributed by atoms with Gasteiger partial charge in [0.25, 0.3) is 0 Å². The molecule has 0 aliphatic carbocycles. The first-order valence-corrected chi connectivity index (χ1v) is 7.75. The van der Waals surface area contributed by atoms with Gasteiger partial charge in [-0.25, -0.2) is 0 Å². The molecule has 8 N–H and O–H groups in total. The van der Waals surface area contributed by atoms with Gasteiger partial charge in [-0.1, -0.05) is 6.07 Å². The van der Waals surface area contributed by atoms with E-state index in [4.69, 9.17) is 21.7 Å². The van der Waals surface area contributed by atoms with Crippen LogP contribution in [0.5, 0.6) is 17.2 Å². The van der Waals surface area contributed by atoms with Crippen molar-refractivity contribution in [3.05, 3.63) is 53.7 Å². The molecule has 1 heterocycles. The number of phenols is 3. The first-order valence-electron chi connectivity index (χ1n) is 7.75.